The highest BCUT2D eigenvalue weighted by molar-refractivity contribution is 6.34. The van der Waals surface area contributed by atoms with E-state index in [9.17, 15) is 4.79 Å². The number of nitrogens with two attached hydrogens (primary N) is 1. The molecule has 0 aliphatic carbocycles. The predicted molar refractivity (Wildman–Crippen MR) is 71.6 cm³/mol. The standard InChI is InChI=1S/C12H18ClN3O/c1-8(6-15-2)7-16-10-5-3-4-9(13)11(10)12(14)17/h3-5,8,15-16H,6-7H2,1-2H3,(H2,14,17). The van der Waals surface area contributed by atoms with Crippen LogP contribution in [-0.4, -0.2) is 26.0 Å². The second kappa shape index (κ2) is 6.47. The third-order valence-corrected chi connectivity index (χ3v) is 2.77. The number of rotatable bonds is 6. The van der Waals surface area contributed by atoms with Gasteiger partial charge in [-0.1, -0.05) is 24.6 Å². The summed E-state index contributed by atoms with van der Waals surface area (Å²) in [6.45, 7) is 3.76. The fourth-order valence-corrected chi connectivity index (χ4v) is 1.89. The van der Waals surface area contributed by atoms with E-state index in [1.54, 1.807) is 18.2 Å². The zero-order valence-corrected chi connectivity index (χ0v) is 10.8. The Labute approximate surface area is 107 Å². The molecule has 0 aliphatic rings. The summed E-state index contributed by atoms with van der Waals surface area (Å²) in [4.78, 5) is 11.3. The van der Waals surface area contributed by atoms with Crippen LogP contribution in [0, 0.1) is 5.92 Å². The first-order chi connectivity index (χ1) is 8.06. The molecule has 5 heteroatoms. The number of benzene rings is 1. The zero-order chi connectivity index (χ0) is 12.8. The summed E-state index contributed by atoms with van der Waals surface area (Å²) < 4.78 is 0. The van der Waals surface area contributed by atoms with Gasteiger partial charge in [0.15, 0.2) is 0 Å². The van der Waals surface area contributed by atoms with Gasteiger partial charge in [0, 0.05) is 12.2 Å². The van der Waals surface area contributed by atoms with E-state index in [0.29, 0.717) is 22.2 Å². The highest BCUT2D eigenvalue weighted by atomic mass is 35.5. The van der Waals surface area contributed by atoms with E-state index in [0.717, 1.165) is 13.1 Å². The van der Waals surface area contributed by atoms with Gasteiger partial charge in [0.05, 0.1) is 10.6 Å². The molecule has 0 spiro atoms. The molecule has 0 bridgehead atoms. The molecule has 1 unspecified atom stereocenters. The monoisotopic (exact) mass is 255 g/mol. The molecule has 4 N–H and O–H groups in total. The van der Waals surface area contributed by atoms with Crippen LogP contribution >= 0.6 is 11.6 Å². The van der Waals surface area contributed by atoms with Gasteiger partial charge >= 0.3 is 0 Å². The van der Waals surface area contributed by atoms with Crippen LogP contribution < -0.4 is 16.4 Å². The number of anilines is 1. The summed E-state index contributed by atoms with van der Waals surface area (Å²) in [7, 11) is 1.91. The van der Waals surface area contributed by atoms with Gasteiger partial charge in [-0.3, -0.25) is 4.79 Å². The maximum absolute atomic E-state index is 11.3. The van der Waals surface area contributed by atoms with Crippen LogP contribution in [0.1, 0.15) is 17.3 Å². The molecule has 1 rings (SSSR count). The van der Waals surface area contributed by atoms with Gasteiger partial charge in [-0.25, -0.2) is 0 Å². The number of hydrogen-bond acceptors (Lipinski definition) is 3. The molecule has 0 aromatic heterocycles. The lowest BCUT2D eigenvalue weighted by Crippen LogP contribution is -2.24. The Balaban J connectivity index is 2.77. The molecule has 0 aliphatic heterocycles. The van der Waals surface area contributed by atoms with Crippen LogP contribution in [0.2, 0.25) is 5.02 Å². The van der Waals surface area contributed by atoms with E-state index in [2.05, 4.69) is 17.6 Å². The van der Waals surface area contributed by atoms with Crippen LogP contribution in [0.5, 0.6) is 0 Å². The molecule has 4 nitrogen and oxygen atoms in total. The van der Waals surface area contributed by atoms with E-state index in [4.69, 9.17) is 17.3 Å². The van der Waals surface area contributed by atoms with Crippen LogP contribution in [-0.2, 0) is 0 Å². The average molecular weight is 256 g/mol. The first kappa shape index (κ1) is 13.8. The Bertz CT molecular complexity index is 395. The summed E-state index contributed by atoms with van der Waals surface area (Å²) in [5, 5.41) is 6.67. The topological polar surface area (TPSA) is 67.2 Å². The minimum absolute atomic E-state index is 0.353. The fraction of sp³-hybridized carbons (Fsp3) is 0.417. The molecule has 1 atom stereocenters. The molecular formula is C12H18ClN3O. The van der Waals surface area contributed by atoms with Crippen molar-refractivity contribution in [2.24, 2.45) is 11.7 Å². The molecule has 0 saturated carbocycles. The quantitative estimate of drug-likeness (QED) is 0.725. The van der Waals surface area contributed by atoms with E-state index < -0.39 is 5.91 Å². The Morgan fingerprint density at radius 2 is 2.18 bits per heavy atom. The first-order valence-corrected chi connectivity index (χ1v) is 5.90. The molecule has 0 radical (unpaired) electrons. The van der Waals surface area contributed by atoms with Gasteiger partial charge in [-0.05, 0) is 31.6 Å². The van der Waals surface area contributed by atoms with Crippen LogP contribution in [0.15, 0.2) is 18.2 Å². The molecule has 0 fully saturated rings. The third-order valence-electron chi connectivity index (χ3n) is 2.45. The lowest BCUT2D eigenvalue weighted by Gasteiger charge is -2.15. The van der Waals surface area contributed by atoms with Gasteiger partial charge in [-0.2, -0.15) is 0 Å². The summed E-state index contributed by atoms with van der Waals surface area (Å²) in [5.74, 6) is -0.0703. The third kappa shape index (κ3) is 3.91. The second-order valence-electron chi connectivity index (χ2n) is 4.07. The fourth-order valence-electron chi connectivity index (χ4n) is 1.63. The number of carbonyl (C=O) groups excluding carboxylic acids is 1. The maximum atomic E-state index is 11.3. The van der Waals surface area contributed by atoms with Crippen molar-refractivity contribution in [3.05, 3.63) is 28.8 Å². The zero-order valence-electron chi connectivity index (χ0n) is 10.1. The van der Waals surface area contributed by atoms with Crippen LogP contribution in [0.4, 0.5) is 5.69 Å². The lowest BCUT2D eigenvalue weighted by molar-refractivity contribution is 0.100. The lowest BCUT2D eigenvalue weighted by atomic mass is 10.1. The van der Waals surface area contributed by atoms with Gasteiger partial charge in [-0.15, -0.1) is 0 Å². The van der Waals surface area contributed by atoms with E-state index in [1.165, 1.54) is 0 Å². The molecule has 1 aromatic carbocycles. The van der Waals surface area contributed by atoms with Crippen molar-refractivity contribution in [3.63, 3.8) is 0 Å². The minimum atomic E-state index is -0.514. The molecule has 0 saturated heterocycles. The van der Waals surface area contributed by atoms with Crippen LogP contribution in [0.25, 0.3) is 0 Å². The number of hydrogen-bond donors (Lipinski definition) is 3. The normalized spacial score (nSPS) is 12.2. The van der Waals surface area contributed by atoms with Gasteiger partial charge in [0.25, 0.3) is 5.91 Å². The van der Waals surface area contributed by atoms with Crippen molar-refractivity contribution >= 4 is 23.2 Å². The Morgan fingerprint density at radius 1 is 1.47 bits per heavy atom. The first-order valence-electron chi connectivity index (χ1n) is 5.53. The largest absolute Gasteiger partial charge is 0.384 e. The maximum Gasteiger partial charge on any atom is 0.252 e. The smallest absolute Gasteiger partial charge is 0.252 e. The SMILES string of the molecule is CNCC(C)CNc1cccc(Cl)c1C(N)=O. The van der Waals surface area contributed by atoms with Crippen molar-refractivity contribution in [3.8, 4) is 0 Å². The molecule has 94 valence electrons. The van der Waals surface area contributed by atoms with Crippen molar-refractivity contribution in [2.45, 2.75) is 6.92 Å². The van der Waals surface area contributed by atoms with Crippen LogP contribution in [0.3, 0.4) is 0 Å². The Morgan fingerprint density at radius 3 is 2.76 bits per heavy atom. The van der Waals surface area contributed by atoms with E-state index in [1.807, 2.05) is 7.05 Å². The molecule has 1 aromatic rings. The number of carbonyl (C=O) groups is 1. The highest BCUT2D eigenvalue weighted by Gasteiger charge is 2.12. The van der Waals surface area contributed by atoms with Gasteiger partial charge in [0.1, 0.15) is 0 Å². The van der Waals surface area contributed by atoms with Crippen molar-refractivity contribution in [2.75, 3.05) is 25.5 Å². The summed E-state index contributed by atoms with van der Waals surface area (Å²) in [6, 6.07) is 5.25. The Kier molecular flexibility index (Phi) is 5.25. The van der Waals surface area contributed by atoms with Crippen molar-refractivity contribution in [1.82, 2.24) is 5.32 Å². The Hall–Kier alpha value is -1.26. The van der Waals surface area contributed by atoms with E-state index >= 15 is 0 Å². The van der Waals surface area contributed by atoms with Gasteiger partial charge in [0.2, 0.25) is 0 Å². The average Bonchev–Trinajstić information content (AvgIpc) is 2.26. The summed E-state index contributed by atoms with van der Waals surface area (Å²) in [6.07, 6.45) is 0. The minimum Gasteiger partial charge on any atom is -0.384 e. The number of amides is 1. The second-order valence-corrected chi connectivity index (χ2v) is 4.48. The summed E-state index contributed by atoms with van der Waals surface area (Å²) in [5.41, 5.74) is 6.35. The highest BCUT2D eigenvalue weighted by Crippen LogP contribution is 2.23. The molecule has 17 heavy (non-hydrogen) atoms. The number of primary amides is 1. The van der Waals surface area contributed by atoms with Crippen molar-refractivity contribution < 1.29 is 4.79 Å². The number of halogens is 1. The number of nitrogens with one attached hydrogen (secondary N) is 2. The molecular weight excluding hydrogens is 238 g/mol. The van der Waals surface area contributed by atoms with Gasteiger partial charge < -0.3 is 16.4 Å². The molecule has 1 amide bonds. The predicted octanol–water partition coefficient (Wildman–Crippen LogP) is 1.71. The van der Waals surface area contributed by atoms with Crippen molar-refractivity contribution in [1.29, 1.82) is 0 Å². The molecule has 0 heterocycles. The summed E-state index contributed by atoms with van der Waals surface area (Å²) >= 11 is 5.95. The van der Waals surface area contributed by atoms with E-state index in [-0.39, 0.29) is 0 Å².